The van der Waals surface area contributed by atoms with Crippen LogP contribution in [0.15, 0.2) is 53.0 Å². The minimum absolute atomic E-state index is 0.699. The van der Waals surface area contributed by atoms with Crippen molar-refractivity contribution in [3.05, 3.63) is 53.0 Å². The molecule has 15 heavy (non-hydrogen) atoms. The van der Waals surface area contributed by atoms with E-state index in [-0.39, 0.29) is 0 Å². The van der Waals surface area contributed by atoms with Crippen LogP contribution in [0.25, 0.3) is 0 Å². The minimum atomic E-state index is 0.699. The molecule has 0 bridgehead atoms. The number of nitrogens with two attached hydrogens (primary N) is 1. The zero-order valence-electron chi connectivity index (χ0n) is 7.98. The first-order chi connectivity index (χ1) is 7.24. The molecule has 0 radical (unpaired) electrons. The van der Waals surface area contributed by atoms with Crippen molar-refractivity contribution < 1.29 is 4.74 Å². The summed E-state index contributed by atoms with van der Waals surface area (Å²) in [4.78, 5) is 0. The van der Waals surface area contributed by atoms with Gasteiger partial charge in [-0.2, -0.15) is 0 Å². The Morgan fingerprint density at radius 3 is 2.33 bits per heavy atom. The van der Waals surface area contributed by atoms with Gasteiger partial charge in [-0.3, -0.25) is 0 Å². The summed E-state index contributed by atoms with van der Waals surface area (Å²) in [5, 5.41) is 0. The van der Waals surface area contributed by atoms with Gasteiger partial charge in [-0.15, -0.1) is 0 Å². The summed E-state index contributed by atoms with van der Waals surface area (Å²) in [6, 6.07) is 15.0. The quantitative estimate of drug-likeness (QED) is 0.837. The number of rotatable bonds is 2. The van der Waals surface area contributed by atoms with Gasteiger partial charge in [0.15, 0.2) is 0 Å². The van der Waals surface area contributed by atoms with Crippen LogP contribution < -0.4 is 10.5 Å². The lowest BCUT2D eigenvalue weighted by atomic mass is 10.3. The lowest BCUT2D eigenvalue weighted by Crippen LogP contribution is -1.87. The molecule has 76 valence electrons. The summed E-state index contributed by atoms with van der Waals surface area (Å²) >= 11 is 3.37. The summed E-state index contributed by atoms with van der Waals surface area (Å²) in [6.45, 7) is 0. The first-order valence-electron chi connectivity index (χ1n) is 4.53. The summed E-state index contributed by atoms with van der Waals surface area (Å²) in [5.41, 5.74) is 6.35. The van der Waals surface area contributed by atoms with Crippen molar-refractivity contribution in [2.45, 2.75) is 0 Å². The number of hydrogen-bond donors (Lipinski definition) is 1. The number of anilines is 1. The molecule has 0 aliphatic carbocycles. The van der Waals surface area contributed by atoms with E-state index >= 15 is 0 Å². The molecule has 0 spiro atoms. The molecule has 0 aromatic heterocycles. The predicted molar refractivity (Wildman–Crippen MR) is 65.1 cm³/mol. The van der Waals surface area contributed by atoms with Crippen LogP contribution in [-0.2, 0) is 0 Å². The van der Waals surface area contributed by atoms with Crippen LogP contribution in [0.2, 0.25) is 0 Å². The van der Waals surface area contributed by atoms with E-state index in [2.05, 4.69) is 15.9 Å². The molecule has 3 heteroatoms. The molecule has 0 heterocycles. The van der Waals surface area contributed by atoms with Crippen molar-refractivity contribution in [1.82, 2.24) is 0 Å². The molecule has 2 N–H and O–H groups in total. The zero-order chi connectivity index (χ0) is 10.7. The number of nitrogen functional groups attached to an aromatic ring is 1. The molecule has 2 nitrogen and oxygen atoms in total. The second-order valence-electron chi connectivity index (χ2n) is 3.13. The van der Waals surface area contributed by atoms with Crippen LogP contribution in [0.4, 0.5) is 5.69 Å². The predicted octanol–water partition coefficient (Wildman–Crippen LogP) is 3.82. The lowest BCUT2D eigenvalue weighted by Gasteiger charge is -2.05. The van der Waals surface area contributed by atoms with E-state index in [1.807, 2.05) is 42.5 Å². The summed E-state index contributed by atoms with van der Waals surface area (Å²) in [5.74, 6) is 1.54. The summed E-state index contributed by atoms with van der Waals surface area (Å²) < 4.78 is 6.64. The van der Waals surface area contributed by atoms with E-state index in [9.17, 15) is 0 Å². The Labute approximate surface area is 96.8 Å². The van der Waals surface area contributed by atoms with Gasteiger partial charge in [-0.25, -0.2) is 0 Å². The van der Waals surface area contributed by atoms with Crippen LogP contribution in [-0.4, -0.2) is 0 Å². The number of halogens is 1. The third-order valence-corrected chi connectivity index (χ3v) is 2.44. The Balaban J connectivity index is 2.18. The molecule has 0 fully saturated rings. The van der Waals surface area contributed by atoms with Gasteiger partial charge in [0.1, 0.15) is 11.5 Å². The molecule has 2 rings (SSSR count). The van der Waals surface area contributed by atoms with E-state index in [1.165, 1.54) is 0 Å². The molecule has 0 atom stereocenters. The van der Waals surface area contributed by atoms with E-state index in [0.29, 0.717) is 5.69 Å². The van der Waals surface area contributed by atoms with E-state index in [0.717, 1.165) is 16.0 Å². The van der Waals surface area contributed by atoms with Gasteiger partial charge in [0.05, 0.1) is 0 Å². The third kappa shape index (κ3) is 2.73. The Morgan fingerprint density at radius 1 is 0.933 bits per heavy atom. The molecule has 0 saturated carbocycles. The van der Waals surface area contributed by atoms with Gasteiger partial charge in [0.2, 0.25) is 0 Å². The average molecular weight is 264 g/mol. The fraction of sp³-hybridized carbons (Fsp3) is 0. The van der Waals surface area contributed by atoms with Crippen LogP contribution in [0.3, 0.4) is 0 Å². The molecule has 0 saturated heterocycles. The smallest absolute Gasteiger partial charge is 0.129 e. The monoisotopic (exact) mass is 263 g/mol. The Kier molecular flexibility index (Phi) is 2.92. The van der Waals surface area contributed by atoms with Crippen molar-refractivity contribution >= 4 is 21.6 Å². The number of benzene rings is 2. The van der Waals surface area contributed by atoms with E-state index in [1.54, 1.807) is 6.07 Å². The highest BCUT2D eigenvalue weighted by molar-refractivity contribution is 9.10. The topological polar surface area (TPSA) is 35.2 Å². The van der Waals surface area contributed by atoms with E-state index < -0.39 is 0 Å². The van der Waals surface area contributed by atoms with Crippen LogP contribution >= 0.6 is 15.9 Å². The minimum Gasteiger partial charge on any atom is -0.457 e. The maximum atomic E-state index is 5.65. The highest BCUT2D eigenvalue weighted by atomic mass is 79.9. The maximum Gasteiger partial charge on any atom is 0.129 e. The van der Waals surface area contributed by atoms with Crippen LogP contribution in [0.1, 0.15) is 0 Å². The second-order valence-corrected chi connectivity index (χ2v) is 4.04. The Hall–Kier alpha value is -1.48. The second kappa shape index (κ2) is 4.36. The number of ether oxygens (including phenoxy) is 1. The van der Waals surface area contributed by atoms with E-state index in [4.69, 9.17) is 10.5 Å². The standard InChI is InChI=1S/C12H10BrNO/c13-9-4-6-11(7-5-9)15-12-3-1-2-10(14)8-12/h1-8H,14H2. The first kappa shape index (κ1) is 10.1. The van der Waals surface area contributed by atoms with Gasteiger partial charge < -0.3 is 10.5 Å². The Bertz CT molecular complexity index is 453. The van der Waals surface area contributed by atoms with Gasteiger partial charge in [0, 0.05) is 16.2 Å². The van der Waals surface area contributed by atoms with Crippen molar-refractivity contribution in [3.8, 4) is 11.5 Å². The molecule has 0 amide bonds. The van der Waals surface area contributed by atoms with Gasteiger partial charge in [0.25, 0.3) is 0 Å². The normalized spacial score (nSPS) is 9.93. The fourth-order valence-electron chi connectivity index (χ4n) is 1.22. The van der Waals surface area contributed by atoms with Crippen LogP contribution in [0, 0.1) is 0 Å². The molecule has 2 aromatic rings. The molecule has 0 aliphatic rings. The van der Waals surface area contributed by atoms with Crippen molar-refractivity contribution in [2.24, 2.45) is 0 Å². The van der Waals surface area contributed by atoms with Crippen molar-refractivity contribution in [2.75, 3.05) is 5.73 Å². The number of hydrogen-bond acceptors (Lipinski definition) is 2. The average Bonchev–Trinajstić information content (AvgIpc) is 2.22. The molecular weight excluding hydrogens is 254 g/mol. The van der Waals surface area contributed by atoms with Crippen molar-refractivity contribution in [1.29, 1.82) is 0 Å². The molecule has 0 aliphatic heterocycles. The largest absolute Gasteiger partial charge is 0.457 e. The van der Waals surface area contributed by atoms with Gasteiger partial charge in [-0.1, -0.05) is 22.0 Å². The highest BCUT2D eigenvalue weighted by Gasteiger charge is 1.97. The first-order valence-corrected chi connectivity index (χ1v) is 5.32. The zero-order valence-corrected chi connectivity index (χ0v) is 9.57. The fourth-order valence-corrected chi connectivity index (χ4v) is 1.48. The summed E-state index contributed by atoms with van der Waals surface area (Å²) in [6.07, 6.45) is 0. The molecular formula is C12H10BrNO. The summed E-state index contributed by atoms with van der Waals surface area (Å²) in [7, 11) is 0. The van der Waals surface area contributed by atoms with Crippen molar-refractivity contribution in [3.63, 3.8) is 0 Å². The van der Waals surface area contributed by atoms with Crippen LogP contribution in [0.5, 0.6) is 11.5 Å². The molecule has 0 unspecified atom stereocenters. The SMILES string of the molecule is Nc1cccc(Oc2ccc(Br)cc2)c1. The third-order valence-electron chi connectivity index (χ3n) is 1.91. The Morgan fingerprint density at radius 2 is 1.67 bits per heavy atom. The lowest BCUT2D eigenvalue weighted by molar-refractivity contribution is 0.483. The molecule has 2 aromatic carbocycles. The van der Waals surface area contributed by atoms with Gasteiger partial charge in [-0.05, 0) is 36.4 Å². The maximum absolute atomic E-state index is 5.65. The highest BCUT2D eigenvalue weighted by Crippen LogP contribution is 2.24. The van der Waals surface area contributed by atoms with Gasteiger partial charge >= 0.3 is 0 Å².